The third kappa shape index (κ3) is 7.53. The van der Waals surface area contributed by atoms with Crippen LogP contribution in [0.3, 0.4) is 0 Å². The third-order valence-electron chi connectivity index (χ3n) is 8.03. The molecule has 1 aromatic heterocycles. The number of benzene rings is 4. The number of esters is 2. The smallest absolute Gasteiger partial charge is 0.338 e. The predicted octanol–water partition coefficient (Wildman–Crippen LogP) is 6.84. The molecule has 0 radical (unpaired) electrons. The van der Waals surface area contributed by atoms with Crippen LogP contribution >= 0.6 is 56.5 Å². The molecular formula is C38H32I2N2O6S. The van der Waals surface area contributed by atoms with Crippen LogP contribution in [-0.4, -0.2) is 29.7 Å². The number of nitrogens with zero attached hydrogens (tertiary/aromatic N) is 2. The summed E-state index contributed by atoms with van der Waals surface area (Å²) >= 11 is 5.81. The van der Waals surface area contributed by atoms with Gasteiger partial charge in [0, 0.05) is 0 Å². The lowest BCUT2D eigenvalue weighted by Crippen LogP contribution is -2.40. The fraction of sp³-hybridized carbons (Fsp3) is 0.211. The van der Waals surface area contributed by atoms with Crippen LogP contribution in [0.15, 0.2) is 99.9 Å². The van der Waals surface area contributed by atoms with E-state index in [0.29, 0.717) is 32.8 Å². The summed E-state index contributed by atoms with van der Waals surface area (Å²) in [6.07, 6.45) is 1.61. The van der Waals surface area contributed by atoms with Gasteiger partial charge in [-0.15, -0.1) is 0 Å². The first kappa shape index (κ1) is 35.0. The fourth-order valence-electron chi connectivity index (χ4n) is 5.75. The van der Waals surface area contributed by atoms with E-state index in [1.165, 1.54) is 23.8 Å². The number of allylic oxidation sites excluding steroid dienone is 1. The van der Waals surface area contributed by atoms with E-state index in [9.17, 15) is 14.4 Å². The molecule has 6 rings (SSSR count). The van der Waals surface area contributed by atoms with E-state index in [2.05, 4.69) is 69.4 Å². The Hall–Kier alpha value is -3.82. The molecule has 0 saturated carbocycles. The molecule has 0 saturated heterocycles. The molecule has 49 heavy (non-hydrogen) atoms. The summed E-state index contributed by atoms with van der Waals surface area (Å²) < 4.78 is 20.6. The minimum absolute atomic E-state index is 0.112. The first-order valence-electron chi connectivity index (χ1n) is 15.5. The van der Waals surface area contributed by atoms with Crippen LogP contribution < -0.4 is 19.6 Å². The van der Waals surface area contributed by atoms with Crippen molar-refractivity contribution >= 4 is 85.3 Å². The molecule has 8 nitrogen and oxygen atoms in total. The molecule has 1 aliphatic rings. The average Bonchev–Trinajstić information content (AvgIpc) is 3.37. The molecule has 5 aromatic rings. The number of carbonyl (C=O) groups is 2. The van der Waals surface area contributed by atoms with Crippen molar-refractivity contribution in [3.8, 4) is 5.75 Å². The van der Waals surface area contributed by atoms with Gasteiger partial charge >= 0.3 is 11.9 Å². The van der Waals surface area contributed by atoms with Crippen LogP contribution in [0, 0.1) is 7.14 Å². The van der Waals surface area contributed by atoms with Gasteiger partial charge in [-0.05, 0) is 117 Å². The Morgan fingerprint density at radius 2 is 1.69 bits per heavy atom. The van der Waals surface area contributed by atoms with Gasteiger partial charge in [0.05, 0.1) is 48.6 Å². The van der Waals surface area contributed by atoms with E-state index in [-0.39, 0.29) is 24.1 Å². The monoisotopic (exact) mass is 898 g/mol. The SMILES string of the molecule is COC(=O)Cc1ccc([C@@H]2C(C(=O)OC(C)C)=C(C)N=c3s/c(=C/c4cc(I)c(OCc5cccc6ccccc56)c(I)c4)c(=O)n32)cc1. The molecule has 0 fully saturated rings. The number of fused-ring (bicyclic) bond motifs is 2. The lowest BCUT2D eigenvalue weighted by Gasteiger charge is -2.25. The third-order valence-corrected chi connectivity index (χ3v) is 10.6. The van der Waals surface area contributed by atoms with Gasteiger partial charge in [-0.1, -0.05) is 78.1 Å². The van der Waals surface area contributed by atoms with Gasteiger partial charge in [0.15, 0.2) is 4.80 Å². The van der Waals surface area contributed by atoms with E-state index < -0.39 is 12.0 Å². The Morgan fingerprint density at radius 3 is 2.39 bits per heavy atom. The summed E-state index contributed by atoms with van der Waals surface area (Å²) in [5, 5.41) is 2.33. The van der Waals surface area contributed by atoms with Crippen LogP contribution in [0.5, 0.6) is 5.75 Å². The standard InChI is InChI=1S/C38H32I2N2O6S/c1-21(2)48-37(45)33-22(3)41-38-42(34(33)26-14-12-23(13-15-26)19-32(43)46-4)36(44)31(49-38)18-24-16-29(39)35(30(40)17-24)47-20-27-10-7-9-25-8-5-6-11-28(25)27/h5-18,21,34H,19-20H2,1-4H3/b31-18+/t34-/m1/s1. The van der Waals surface area contributed by atoms with Gasteiger partial charge in [0.2, 0.25) is 0 Å². The number of hydrogen-bond acceptors (Lipinski definition) is 8. The number of aromatic nitrogens is 1. The number of hydrogen-bond donors (Lipinski definition) is 0. The number of ether oxygens (including phenoxy) is 3. The van der Waals surface area contributed by atoms with Gasteiger partial charge in [-0.25, -0.2) is 9.79 Å². The minimum atomic E-state index is -0.762. The second kappa shape index (κ2) is 15.0. The van der Waals surface area contributed by atoms with Crippen molar-refractivity contribution in [1.29, 1.82) is 0 Å². The maximum absolute atomic E-state index is 14.2. The molecule has 0 bridgehead atoms. The highest BCUT2D eigenvalue weighted by Crippen LogP contribution is 2.33. The van der Waals surface area contributed by atoms with Gasteiger partial charge in [0.25, 0.3) is 5.56 Å². The zero-order valence-electron chi connectivity index (χ0n) is 27.2. The zero-order valence-corrected chi connectivity index (χ0v) is 32.3. The highest BCUT2D eigenvalue weighted by Gasteiger charge is 2.34. The van der Waals surface area contributed by atoms with E-state index in [1.807, 2.05) is 48.5 Å². The summed E-state index contributed by atoms with van der Waals surface area (Å²) in [6.45, 7) is 5.74. The molecule has 2 heterocycles. The lowest BCUT2D eigenvalue weighted by molar-refractivity contribution is -0.143. The van der Waals surface area contributed by atoms with Crippen molar-refractivity contribution in [3.63, 3.8) is 0 Å². The Labute approximate surface area is 314 Å². The largest absolute Gasteiger partial charge is 0.487 e. The van der Waals surface area contributed by atoms with Crippen molar-refractivity contribution in [1.82, 2.24) is 4.57 Å². The molecule has 0 amide bonds. The van der Waals surface area contributed by atoms with Gasteiger partial charge in [-0.3, -0.25) is 14.2 Å². The molecule has 1 atom stereocenters. The summed E-state index contributed by atoms with van der Waals surface area (Å²) in [6, 6.07) is 24.9. The van der Waals surface area contributed by atoms with Crippen molar-refractivity contribution in [3.05, 3.63) is 139 Å². The van der Waals surface area contributed by atoms with Gasteiger partial charge in [0.1, 0.15) is 12.4 Å². The predicted molar refractivity (Wildman–Crippen MR) is 207 cm³/mol. The molecule has 1 aliphatic heterocycles. The first-order valence-corrected chi connectivity index (χ1v) is 18.5. The van der Waals surface area contributed by atoms with Crippen molar-refractivity contribution in [2.75, 3.05) is 7.11 Å². The molecule has 4 aromatic carbocycles. The highest BCUT2D eigenvalue weighted by atomic mass is 127. The summed E-state index contributed by atoms with van der Waals surface area (Å²) in [5.41, 5.74) is 3.91. The molecule has 0 spiro atoms. The second-order valence-corrected chi connectivity index (χ2v) is 15.1. The van der Waals surface area contributed by atoms with E-state index in [4.69, 9.17) is 19.2 Å². The number of methoxy groups -OCH3 is 1. The quantitative estimate of drug-likeness (QED) is 0.119. The lowest BCUT2D eigenvalue weighted by atomic mass is 9.94. The summed E-state index contributed by atoms with van der Waals surface area (Å²) in [4.78, 5) is 44.7. The van der Waals surface area contributed by atoms with Crippen LogP contribution in [-0.2, 0) is 32.1 Å². The fourth-order valence-corrected chi connectivity index (χ4v) is 8.93. The summed E-state index contributed by atoms with van der Waals surface area (Å²) in [5.74, 6) is -0.101. The van der Waals surface area contributed by atoms with Crippen LogP contribution in [0.1, 0.15) is 49.1 Å². The van der Waals surface area contributed by atoms with Crippen molar-refractivity contribution in [2.45, 2.75) is 45.9 Å². The van der Waals surface area contributed by atoms with E-state index in [1.54, 1.807) is 37.5 Å². The molecular weight excluding hydrogens is 866 g/mol. The Balaban J connectivity index is 1.36. The topological polar surface area (TPSA) is 96.2 Å². The molecule has 0 unspecified atom stereocenters. The normalized spacial score (nSPS) is 14.5. The van der Waals surface area contributed by atoms with Crippen molar-refractivity contribution in [2.24, 2.45) is 4.99 Å². The molecule has 11 heteroatoms. The summed E-state index contributed by atoms with van der Waals surface area (Å²) in [7, 11) is 1.35. The second-order valence-electron chi connectivity index (χ2n) is 11.8. The maximum atomic E-state index is 14.2. The first-order chi connectivity index (χ1) is 23.5. The Bertz CT molecular complexity index is 2280. The highest BCUT2D eigenvalue weighted by molar-refractivity contribution is 14.1. The molecule has 250 valence electrons. The number of thiazole rings is 1. The van der Waals surface area contributed by atoms with E-state index in [0.717, 1.165) is 35.0 Å². The average molecular weight is 899 g/mol. The van der Waals surface area contributed by atoms with E-state index >= 15 is 0 Å². The van der Waals surface area contributed by atoms with Crippen LogP contribution in [0.25, 0.3) is 16.8 Å². The molecule has 0 aliphatic carbocycles. The Morgan fingerprint density at radius 1 is 1.00 bits per heavy atom. The Kier molecular flexibility index (Phi) is 10.7. The van der Waals surface area contributed by atoms with Crippen LogP contribution in [0.2, 0.25) is 0 Å². The maximum Gasteiger partial charge on any atom is 0.338 e. The molecule has 0 N–H and O–H groups in total. The number of halogens is 2. The minimum Gasteiger partial charge on any atom is -0.487 e. The van der Waals surface area contributed by atoms with Gasteiger partial charge < -0.3 is 14.2 Å². The van der Waals surface area contributed by atoms with Crippen molar-refractivity contribution < 1.29 is 23.8 Å². The zero-order chi connectivity index (χ0) is 34.8. The number of rotatable bonds is 9. The van der Waals surface area contributed by atoms with Crippen LogP contribution in [0.4, 0.5) is 0 Å². The van der Waals surface area contributed by atoms with Gasteiger partial charge in [-0.2, -0.15) is 0 Å². The number of carbonyl (C=O) groups excluding carboxylic acids is 2.